The van der Waals surface area contributed by atoms with Crippen molar-refractivity contribution in [3.05, 3.63) is 47.4 Å². The van der Waals surface area contributed by atoms with Crippen molar-refractivity contribution in [2.75, 3.05) is 7.11 Å². The van der Waals surface area contributed by atoms with E-state index in [2.05, 4.69) is 11.9 Å². The molecular formula is C15H11NO3S. The molecule has 5 heteroatoms. The summed E-state index contributed by atoms with van der Waals surface area (Å²) < 4.78 is 5.19. The number of ether oxygens (including phenoxy) is 1. The predicted octanol–water partition coefficient (Wildman–Crippen LogP) is 2.71. The van der Waals surface area contributed by atoms with E-state index in [-0.39, 0.29) is 5.91 Å². The van der Waals surface area contributed by atoms with E-state index in [1.807, 2.05) is 24.3 Å². The smallest absolute Gasteiger partial charge is 0.259 e. The molecule has 1 aromatic heterocycles. The van der Waals surface area contributed by atoms with Gasteiger partial charge in [0.05, 0.1) is 23.1 Å². The molecular weight excluding hydrogens is 274 g/mol. The first-order chi connectivity index (χ1) is 9.60. The van der Waals surface area contributed by atoms with Gasteiger partial charge in [-0.3, -0.25) is 14.9 Å². The molecule has 0 saturated carbocycles. The van der Waals surface area contributed by atoms with Gasteiger partial charge < -0.3 is 4.74 Å². The number of carbonyl (C=O) groups is 2. The molecule has 0 unspecified atom stereocenters. The molecule has 0 fully saturated rings. The van der Waals surface area contributed by atoms with E-state index in [0.717, 1.165) is 16.2 Å². The average molecular weight is 285 g/mol. The maximum Gasteiger partial charge on any atom is 0.259 e. The van der Waals surface area contributed by atoms with Crippen molar-refractivity contribution < 1.29 is 14.3 Å². The van der Waals surface area contributed by atoms with E-state index in [0.29, 0.717) is 16.0 Å². The molecule has 0 bridgehead atoms. The number of fused-ring (bicyclic) bond motifs is 1. The molecule has 2 amide bonds. The lowest BCUT2D eigenvalue weighted by atomic mass is 10.1. The van der Waals surface area contributed by atoms with E-state index >= 15 is 0 Å². The lowest BCUT2D eigenvalue weighted by Crippen LogP contribution is -2.35. The minimum Gasteiger partial charge on any atom is -0.497 e. The van der Waals surface area contributed by atoms with Gasteiger partial charge in [-0.1, -0.05) is 18.7 Å². The maximum atomic E-state index is 11.8. The SMILES string of the molecule is C=C1C(=O)NC(=O)c2cc(-c3cccc(OC)c3)sc21. The van der Waals surface area contributed by atoms with Crippen LogP contribution in [-0.4, -0.2) is 18.9 Å². The lowest BCUT2D eigenvalue weighted by Gasteiger charge is -2.12. The Morgan fingerprint density at radius 3 is 2.75 bits per heavy atom. The molecule has 0 aliphatic carbocycles. The largest absolute Gasteiger partial charge is 0.497 e. The summed E-state index contributed by atoms with van der Waals surface area (Å²) in [7, 11) is 1.60. The highest BCUT2D eigenvalue weighted by atomic mass is 32.1. The number of hydrogen-bond donors (Lipinski definition) is 1. The molecule has 0 spiro atoms. The molecule has 0 saturated heterocycles. The first-order valence-electron chi connectivity index (χ1n) is 5.93. The number of thiophene rings is 1. The van der Waals surface area contributed by atoms with Crippen molar-refractivity contribution in [2.24, 2.45) is 0 Å². The van der Waals surface area contributed by atoms with Gasteiger partial charge in [-0.25, -0.2) is 0 Å². The summed E-state index contributed by atoms with van der Waals surface area (Å²) in [6, 6.07) is 9.34. The monoisotopic (exact) mass is 285 g/mol. The average Bonchev–Trinajstić information content (AvgIpc) is 2.91. The first kappa shape index (κ1) is 12.6. The van der Waals surface area contributed by atoms with Gasteiger partial charge in [-0.2, -0.15) is 0 Å². The number of nitrogens with one attached hydrogen (secondary N) is 1. The molecule has 1 N–H and O–H groups in total. The van der Waals surface area contributed by atoms with E-state index in [1.165, 1.54) is 11.3 Å². The molecule has 4 nitrogen and oxygen atoms in total. The Morgan fingerprint density at radius 2 is 2.00 bits per heavy atom. The highest BCUT2D eigenvalue weighted by molar-refractivity contribution is 7.17. The van der Waals surface area contributed by atoms with E-state index in [1.54, 1.807) is 13.2 Å². The summed E-state index contributed by atoms with van der Waals surface area (Å²) in [5.74, 6) is -0.0578. The standard InChI is InChI=1S/C15H11NO3S/c1-8-13-11(15(18)16-14(8)17)7-12(20-13)9-4-3-5-10(6-9)19-2/h3-7H,1H2,2H3,(H,16,17,18). The Morgan fingerprint density at radius 1 is 1.20 bits per heavy atom. The number of imide groups is 1. The number of rotatable bonds is 2. The van der Waals surface area contributed by atoms with E-state index < -0.39 is 5.91 Å². The van der Waals surface area contributed by atoms with Gasteiger partial charge in [-0.05, 0) is 23.8 Å². The minimum atomic E-state index is -0.429. The van der Waals surface area contributed by atoms with Crippen LogP contribution in [0.2, 0.25) is 0 Å². The Labute approximate surface area is 119 Å². The Bertz CT molecular complexity index is 745. The third-order valence-electron chi connectivity index (χ3n) is 3.11. The molecule has 2 aromatic rings. The third kappa shape index (κ3) is 1.92. The summed E-state index contributed by atoms with van der Waals surface area (Å²) in [4.78, 5) is 24.9. The van der Waals surface area contributed by atoms with Crippen molar-refractivity contribution in [1.82, 2.24) is 5.32 Å². The van der Waals surface area contributed by atoms with Gasteiger partial charge in [0.2, 0.25) is 0 Å². The zero-order valence-electron chi connectivity index (χ0n) is 10.7. The van der Waals surface area contributed by atoms with Crippen LogP contribution in [0.15, 0.2) is 36.9 Å². The van der Waals surface area contributed by atoms with Crippen LogP contribution < -0.4 is 10.1 Å². The van der Waals surface area contributed by atoms with Gasteiger partial charge in [0, 0.05) is 4.88 Å². The number of amides is 2. The van der Waals surface area contributed by atoms with E-state index in [9.17, 15) is 9.59 Å². The minimum absolute atomic E-state index is 0.332. The Kier molecular flexibility index (Phi) is 2.91. The summed E-state index contributed by atoms with van der Waals surface area (Å²) in [5, 5.41) is 2.28. The molecule has 3 rings (SSSR count). The van der Waals surface area contributed by atoms with Gasteiger partial charge in [0.25, 0.3) is 11.8 Å². The normalized spacial score (nSPS) is 13.9. The Hall–Kier alpha value is -2.40. The molecule has 100 valence electrons. The molecule has 1 aliphatic heterocycles. The third-order valence-corrected chi connectivity index (χ3v) is 4.35. The van der Waals surface area contributed by atoms with Crippen molar-refractivity contribution in [3.63, 3.8) is 0 Å². The summed E-state index contributed by atoms with van der Waals surface area (Å²) >= 11 is 1.39. The predicted molar refractivity (Wildman–Crippen MR) is 77.8 cm³/mol. The number of hydrogen-bond acceptors (Lipinski definition) is 4. The second-order valence-electron chi connectivity index (χ2n) is 4.35. The van der Waals surface area contributed by atoms with Crippen LogP contribution in [0.3, 0.4) is 0 Å². The van der Waals surface area contributed by atoms with Crippen LogP contribution in [0.4, 0.5) is 0 Å². The summed E-state index contributed by atoms with van der Waals surface area (Å²) in [6.07, 6.45) is 0. The number of methoxy groups -OCH3 is 1. The van der Waals surface area contributed by atoms with Crippen molar-refractivity contribution >= 4 is 28.7 Å². The van der Waals surface area contributed by atoms with Crippen LogP contribution in [0, 0.1) is 0 Å². The van der Waals surface area contributed by atoms with Crippen LogP contribution in [0.1, 0.15) is 15.2 Å². The molecule has 1 aromatic carbocycles. The van der Waals surface area contributed by atoms with Crippen molar-refractivity contribution in [3.8, 4) is 16.2 Å². The Balaban J connectivity index is 2.11. The van der Waals surface area contributed by atoms with Gasteiger partial charge in [-0.15, -0.1) is 11.3 Å². The number of carbonyl (C=O) groups excluding carboxylic acids is 2. The molecule has 0 atom stereocenters. The van der Waals surface area contributed by atoms with Crippen molar-refractivity contribution in [1.29, 1.82) is 0 Å². The second kappa shape index (κ2) is 4.61. The van der Waals surface area contributed by atoms with Crippen LogP contribution in [-0.2, 0) is 4.79 Å². The zero-order valence-corrected chi connectivity index (χ0v) is 11.5. The lowest BCUT2D eigenvalue weighted by molar-refractivity contribution is -0.114. The van der Waals surface area contributed by atoms with Crippen LogP contribution in [0.25, 0.3) is 16.0 Å². The van der Waals surface area contributed by atoms with Crippen LogP contribution >= 0.6 is 11.3 Å². The first-order valence-corrected chi connectivity index (χ1v) is 6.75. The number of benzene rings is 1. The van der Waals surface area contributed by atoms with E-state index in [4.69, 9.17) is 4.74 Å². The molecule has 1 aliphatic rings. The fraction of sp³-hybridized carbons (Fsp3) is 0.0667. The molecule has 2 heterocycles. The summed E-state index contributed by atoms with van der Waals surface area (Å²) in [6.45, 7) is 3.73. The molecule has 0 radical (unpaired) electrons. The van der Waals surface area contributed by atoms with Gasteiger partial charge >= 0.3 is 0 Å². The summed E-state index contributed by atoms with van der Waals surface area (Å²) in [5.41, 5.74) is 1.77. The maximum absolute atomic E-state index is 11.8. The van der Waals surface area contributed by atoms with Crippen LogP contribution in [0.5, 0.6) is 5.75 Å². The fourth-order valence-corrected chi connectivity index (χ4v) is 3.17. The quantitative estimate of drug-likeness (QED) is 0.682. The highest BCUT2D eigenvalue weighted by Gasteiger charge is 2.28. The van der Waals surface area contributed by atoms with Gasteiger partial charge in [0.15, 0.2) is 0 Å². The van der Waals surface area contributed by atoms with Crippen molar-refractivity contribution in [2.45, 2.75) is 0 Å². The molecule has 20 heavy (non-hydrogen) atoms. The zero-order chi connectivity index (χ0) is 14.3. The second-order valence-corrected chi connectivity index (χ2v) is 5.40. The topological polar surface area (TPSA) is 55.4 Å². The fourth-order valence-electron chi connectivity index (χ4n) is 2.05. The van der Waals surface area contributed by atoms with Gasteiger partial charge in [0.1, 0.15) is 5.75 Å². The highest BCUT2D eigenvalue weighted by Crippen LogP contribution is 2.37.